The number of fused-ring (bicyclic) bond motifs is 3. The summed E-state index contributed by atoms with van der Waals surface area (Å²) < 4.78 is 11.8. The minimum absolute atomic E-state index is 0.289. The summed E-state index contributed by atoms with van der Waals surface area (Å²) in [6, 6.07) is 6.07. The Bertz CT molecular complexity index is 1030. The van der Waals surface area contributed by atoms with Crippen LogP contribution in [0.5, 0.6) is 11.5 Å². The fourth-order valence-electron chi connectivity index (χ4n) is 4.76. The van der Waals surface area contributed by atoms with Gasteiger partial charge in [0.25, 0.3) is 0 Å². The van der Waals surface area contributed by atoms with Crippen molar-refractivity contribution in [2.45, 2.75) is 31.8 Å². The molecule has 0 saturated carbocycles. The molecule has 2 N–H and O–H groups in total. The monoisotopic (exact) mass is 410 g/mol. The van der Waals surface area contributed by atoms with Crippen LogP contribution in [0.15, 0.2) is 24.4 Å². The lowest BCUT2D eigenvalue weighted by atomic mass is 10.1. The Morgan fingerprint density at radius 2 is 2.03 bits per heavy atom. The highest BCUT2D eigenvalue weighted by molar-refractivity contribution is 6.13. The van der Waals surface area contributed by atoms with Gasteiger partial charge in [-0.15, -0.1) is 0 Å². The van der Waals surface area contributed by atoms with Crippen molar-refractivity contribution in [3.63, 3.8) is 0 Å². The number of pyridine rings is 1. The number of hydrogen-bond acceptors (Lipinski definition) is 6. The molecule has 7 nitrogen and oxygen atoms in total. The Kier molecular flexibility index (Phi) is 5.39. The van der Waals surface area contributed by atoms with E-state index in [1.165, 1.54) is 25.9 Å². The first-order valence-electron chi connectivity index (χ1n) is 11.0. The molecule has 30 heavy (non-hydrogen) atoms. The highest BCUT2D eigenvalue weighted by Crippen LogP contribution is 2.39. The maximum atomic E-state index is 9.97. The molecule has 7 heteroatoms. The van der Waals surface area contributed by atoms with Crippen LogP contribution in [0.3, 0.4) is 0 Å². The molecule has 1 atom stereocenters. The average Bonchev–Trinajstić information content (AvgIpc) is 3.49. The zero-order chi connectivity index (χ0) is 20.5. The van der Waals surface area contributed by atoms with E-state index in [9.17, 15) is 5.11 Å². The van der Waals surface area contributed by atoms with Gasteiger partial charge in [-0.05, 0) is 50.9 Å². The second-order valence-corrected chi connectivity index (χ2v) is 8.37. The summed E-state index contributed by atoms with van der Waals surface area (Å²) in [6.45, 7) is 5.64. The van der Waals surface area contributed by atoms with Crippen molar-refractivity contribution >= 4 is 27.6 Å². The molecular weight excluding hydrogens is 380 g/mol. The van der Waals surface area contributed by atoms with Gasteiger partial charge in [-0.1, -0.05) is 0 Å². The molecule has 2 saturated heterocycles. The van der Waals surface area contributed by atoms with Crippen LogP contribution in [0.4, 0.5) is 5.82 Å². The van der Waals surface area contributed by atoms with Gasteiger partial charge in [-0.2, -0.15) is 0 Å². The SMILES string of the molecule is COc1cc2c(cc1OCCCN1CCCC1)[nH]c1ccnc(N3CCC(O)C3)c12. The fourth-order valence-corrected chi connectivity index (χ4v) is 4.76. The van der Waals surface area contributed by atoms with Gasteiger partial charge in [0.05, 0.1) is 36.2 Å². The molecule has 160 valence electrons. The zero-order valence-corrected chi connectivity index (χ0v) is 17.6. The number of nitrogens with one attached hydrogen (secondary N) is 1. The first kappa shape index (κ1) is 19.5. The highest BCUT2D eigenvalue weighted by Gasteiger charge is 2.24. The van der Waals surface area contributed by atoms with Gasteiger partial charge >= 0.3 is 0 Å². The molecule has 0 spiro atoms. The Morgan fingerprint density at radius 3 is 2.80 bits per heavy atom. The Labute approximate surface area is 176 Å². The largest absolute Gasteiger partial charge is 0.493 e. The van der Waals surface area contributed by atoms with Crippen molar-refractivity contribution in [1.29, 1.82) is 0 Å². The summed E-state index contributed by atoms with van der Waals surface area (Å²) in [6.07, 6.45) is 5.96. The Morgan fingerprint density at radius 1 is 1.17 bits per heavy atom. The molecule has 5 rings (SSSR count). The molecule has 2 aliphatic heterocycles. The second kappa shape index (κ2) is 8.32. The molecule has 0 bridgehead atoms. The summed E-state index contributed by atoms with van der Waals surface area (Å²) in [5.74, 6) is 2.42. The van der Waals surface area contributed by atoms with E-state index in [4.69, 9.17) is 9.47 Å². The summed E-state index contributed by atoms with van der Waals surface area (Å²) in [5, 5.41) is 12.1. The topological polar surface area (TPSA) is 73.9 Å². The third-order valence-electron chi connectivity index (χ3n) is 6.31. The van der Waals surface area contributed by atoms with E-state index in [1.807, 2.05) is 24.4 Å². The first-order valence-corrected chi connectivity index (χ1v) is 11.0. The summed E-state index contributed by atoms with van der Waals surface area (Å²) in [4.78, 5) is 12.8. The predicted molar refractivity (Wildman–Crippen MR) is 119 cm³/mol. The average molecular weight is 411 g/mol. The number of methoxy groups -OCH3 is 1. The Balaban J connectivity index is 1.42. The lowest BCUT2D eigenvalue weighted by molar-refractivity contribution is 0.198. The third kappa shape index (κ3) is 3.68. The van der Waals surface area contributed by atoms with Crippen molar-refractivity contribution < 1.29 is 14.6 Å². The highest BCUT2D eigenvalue weighted by atomic mass is 16.5. The van der Waals surface area contributed by atoms with E-state index in [0.717, 1.165) is 65.1 Å². The van der Waals surface area contributed by atoms with Crippen LogP contribution in [0.2, 0.25) is 0 Å². The van der Waals surface area contributed by atoms with E-state index >= 15 is 0 Å². The van der Waals surface area contributed by atoms with Crippen molar-refractivity contribution in [2.75, 3.05) is 51.3 Å². The standard InChI is InChI=1S/C23H30N4O3/c1-29-20-13-17-19(14-21(20)30-12-4-10-26-8-2-3-9-26)25-18-5-7-24-23(22(17)18)27-11-6-16(28)15-27/h5,7,13-14,16,25,28H,2-4,6,8-12,15H2,1H3. The number of ether oxygens (including phenoxy) is 2. The van der Waals surface area contributed by atoms with Crippen LogP contribution < -0.4 is 14.4 Å². The number of anilines is 1. The number of rotatable bonds is 7. The molecule has 0 aliphatic carbocycles. The van der Waals surface area contributed by atoms with Gasteiger partial charge in [0.2, 0.25) is 0 Å². The van der Waals surface area contributed by atoms with Crippen LogP contribution in [0.25, 0.3) is 21.8 Å². The van der Waals surface area contributed by atoms with E-state index in [1.54, 1.807) is 7.11 Å². The number of aliphatic hydroxyl groups excluding tert-OH is 1. The quantitative estimate of drug-likeness (QED) is 0.583. The maximum absolute atomic E-state index is 9.97. The van der Waals surface area contributed by atoms with Crippen LogP contribution in [-0.4, -0.2) is 72.5 Å². The lowest BCUT2D eigenvalue weighted by Gasteiger charge is -2.18. The van der Waals surface area contributed by atoms with Crippen molar-refractivity contribution in [1.82, 2.24) is 14.9 Å². The predicted octanol–water partition coefficient (Wildman–Crippen LogP) is 3.16. The smallest absolute Gasteiger partial charge is 0.163 e. The van der Waals surface area contributed by atoms with Crippen LogP contribution >= 0.6 is 0 Å². The van der Waals surface area contributed by atoms with Gasteiger partial charge < -0.3 is 29.4 Å². The van der Waals surface area contributed by atoms with Crippen LogP contribution in [0, 0.1) is 0 Å². The van der Waals surface area contributed by atoms with E-state index in [2.05, 4.69) is 19.8 Å². The van der Waals surface area contributed by atoms with E-state index < -0.39 is 0 Å². The lowest BCUT2D eigenvalue weighted by Crippen LogP contribution is -2.22. The molecule has 0 amide bonds. The number of benzene rings is 1. The van der Waals surface area contributed by atoms with Gasteiger partial charge in [0.1, 0.15) is 5.82 Å². The van der Waals surface area contributed by atoms with Gasteiger partial charge in [0, 0.05) is 37.3 Å². The van der Waals surface area contributed by atoms with E-state index in [-0.39, 0.29) is 6.10 Å². The molecule has 4 heterocycles. The van der Waals surface area contributed by atoms with E-state index in [0.29, 0.717) is 13.2 Å². The normalized spacial score (nSPS) is 19.9. The van der Waals surface area contributed by atoms with Crippen molar-refractivity contribution in [2.24, 2.45) is 0 Å². The fraction of sp³-hybridized carbons (Fsp3) is 0.522. The van der Waals surface area contributed by atoms with Crippen molar-refractivity contribution in [3.05, 3.63) is 24.4 Å². The minimum atomic E-state index is -0.289. The van der Waals surface area contributed by atoms with Gasteiger partial charge in [-0.25, -0.2) is 4.98 Å². The molecular formula is C23H30N4O3. The van der Waals surface area contributed by atoms with Gasteiger partial charge in [-0.3, -0.25) is 0 Å². The summed E-state index contributed by atoms with van der Waals surface area (Å²) in [5.41, 5.74) is 2.04. The van der Waals surface area contributed by atoms with Gasteiger partial charge in [0.15, 0.2) is 11.5 Å². The summed E-state index contributed by atoms with van der Waals surface area (Å²) >= 11 is 0. The molecule has 3 aromatic rings. The zero-order valence-electron chi connectivity index (χ0n) is 17.6. The molecule has 1 aromatic carbocycles. The van der Waals surface area contributed by atoms with Crippen molar-refractivity contribution in [3.8, 4) is 11.5 Å². The third-order valence-corrected chi connectivity index (χ3v) is 6.31. The minimum Gasteiger partial charge on any atom is -0.493 e. The number of H-pyrrole nitrogens is 1. The Hall–Kier alpha value is -2.51. The summed E-state index contributed by atoms with van der Waals surface area (Å²) in [7, 11) is 1.68. The molecule has 1 unspecified atom stereocenters. The molecule has 2 aromatic heterocycles. The maximum Gasteiger partial charge on any atom is 0.163 e. The number of hydrogen-bond donors (Lipinski definition) is 2. The number of likely N-dealkylation sites (tertiary alicyclic amines) is 1. The first-order chi connectivity index (χ1) is 14.7. The number of β-amino-alcohol motifs (C(OH)–C–C–N with tert-alkyl or cyclic N) is 1. The molecule has 0 radical (unpaired) electrons. The second-order valence-electron chi connectivity index (χ2n) is 8.37. The van der Waals surface area contributed by atoms with Crippen LogP contribution in [0.1, 0.15) is 25.7 Å². The molecule has 2 aliphatic rings. The number of nitrogens with zero attached hydrogens (tertiary/aromatic N) is 3. The number of aliphatic hydroxyl groups is 1. The van der Waals surface area contributed by atoms with Crippen LogP contribution in [-0.2, 0) is 0 Å². The molecule has 2 fully saturated rings. The number of aromatic amines is 1. The number of aromatic nitrogens is 2.